The molecule has 0 bridgehead atoms. The maximum absolute atomic E-state index is 11.6. The van der Waals surface area contributed by atoms with E-state index in [1.54, 1.807) is 0 Å². The molecule has 2 heterocycles. The van der Waals surface area contributed by atoms with Crippen LogP contribution in [0.25, 0.3) is 10.9 Å². The van der Waals surface area contributed by atoms with E-state index in [2.05, 4.69) is 41.6 Å². The summed E-state index contributed by atoms with van der Waals surface area (Å²) in [6.45, 7) is 5.52. The number of hydrogen-bond donors (Lipinski definition) is 1. The number of aromatic nitrogens is 1. The lowest BCUT2D eigenvalue weighted by atomic mass is 9.99. The van der Waals surface area contributed by atoms with Crippen molar-refractivity contribution in [2.45, 2.75) is 38.8 Å². The monoisotopic (exact) mass is 286 g/mol. The van der Waals surface area contributed by atoms with Crippen molar-refractivity contribution in [3.63, 3.8) is 0 Å². The van der Waals surface area contributed by atoms with E-state index in [9.17, 15) is 9.90 Å². The quantitative estimate of drug-likeness (QED) is 0.943. The molecule has 0 radical (unpaired) electrons. The van der Waals surface area contributed by atoms with E-state index in [4.69, 9.17) is 0 Å². The summed E-state index contributed by atoms with van der Waals surface area (Å²) < 4.78 is 2.20. The minimum Gasteiger partial charge on any atom is -0.480 e. The highest BCUT2D eigenvalue weighted by Gasteiger charge is 2.43. The van der Waals surface area contributed by atoms with Gasteiger partial charge < -0.3 is 9.67 Å². The Morgan fingerprint density at radius 1 is 1.38 bits per heavy atom. The largest absolute Gasteiger partial charge is 0.480 e. The first-order valence-corrected chi connectivity index (χ1v) is 7.46. The number of fused-ring (bicyclic) bond motifs is 1. The average Bonchev–Trinajstić information content (AvgIpc) is 2.95. The van der Waals surface area contributed by atoms with Gasteiger partial charge in [-0.2, -0.15) is 0 Å². The third-order valence-electron chi connectivity index (χ3n) is 5.10. The maximum atomic E-state index is 11.6. The number of aryl methyl sites for hydroxylation is 2. The van der Waals surface area contributed by atoms with Gasteiger partial charge in [-0.05, 0) is 44.9 Å². The van der Waals surface area contributed by atoms with Gasteiger partial charge in [-0.15, -0.1) is 0 Å². The number of benzene rings is 1. The summed E-state index contributed by atoms with van der Waals surface area (Å²) in [5, 5.41) is 10.8. The molecule has 21 heavy (non-hydrogen) atoms. The summed E-state index contributed by atoms with van der Waals surface area (Å²) in [6.07, 6.45) is 1.68. The molecule has 1 atom stereocenters. The molecule has 0 aliphatic carbocycles. The predicted molar refractivity (Wildman–Crippen MR) is 83.3 cm³/mol. The van der Waals surface area contributed by atoms with E-state index in [1.165, 1.54) is 22.2 Å². The minimum atomic E-state index is -0.733. The number of rotatable bonds is 3. The van der Waals surface area contributed by atoms with Crippen LogP contribution in [0.1, 0.15) is 31.0 Å². The van der Waals surface area contributed by atoms with Crippen LogP contribution < -0.4 is 0 Å². The first-order valence-electron chi connectivity index (χ1n) is 7.46. The zero-order chi connectivity index (χ0) is 15.2. The van der Waals surface area contributed by atoms with Gasteiger partial charge in [0, 0.05) is 30.2 Å². The molecule has 0 spiro atoms. The van der Waals surface area contributed by atoms with E-state index in [1.807, 2.05) is 13.0 Å². The molecule has 1 aliphatic heterocycles. The number of carboxylic acids is 1. The Bertz CT molecular complexity index is 665. The Morgan fingerprint density at radius 2 is 2.10 bits per heavy atom. The second-order valence-corrected chi connectivity index (χ2v) is 6.25. The molecular formula is C17H22N2O2. The van der Waals surface area contributed by atoms with Crippen LogP contribution >= 0.6 is 0 Å². The highest BCUT2D eigenvalue weighted by atomic mass is 16.4. The summed E-state index contributed by atoms with van der Waals surface area (Å²) in [5.74, 6) is -0.712. The number of aliphatic carboxylic acids is 1. The third kappa shape index (κ3) is 2.05. The van der Waals surface area contributed by atoms with Crippen LogP contribution in [0.3, 0.4) is 0 Å². The third-order valence-corrected chi connectivity index (χ3v) is 5.10. The normalized spacial score (nSPS) is 23.0. The fourth-order valence-corrected chi connectivity index (χ4v) is 3.56. The predicted octanol–water partition coefficient (Wildman–Crippen LogP) is 2.93. The summed E-state index contributed by atoms with van der Waals surface area (Å²) in [7, 11) is 2.07. The Kier molecular flexibility index (Phi) is 3.29. The van der Waals surface area contributed by atoms with Crippen molar-refractivity contribution in [2.75, 3.05) is 6.54 Å². The van der Waals surface area contributed by atoms with Crippen LogP contribution in [0.2, 0.25) is 0 Å². The van der Waals surface area contributed by atoms with Gasteiger partial charge in [0.05, 0.1) is 0 Å². The van der Waals surface area contributed by atoms with Crippen molar-refractivity contribution >= 4 is 16.9 Å². The molecular weight excluding hydrogens is 264 g/mol. The van der Waals surface area contributed by atoms with Crippen LogP contribution in [0, 0.1) is 6.92 Å². The number of likely N-dealkylation sites (tertiary alicyclic amines) is 1. The summed E-state index contributed by atoms with van der Waals surface area (Å²) >= 11 is 0. The van der Waals surface area contributed by atoms with Gasteiger partial charge in [0.2, 0.25) is 0 Å². The van der Waals surface area contributed by atoms with Gasteiger partial charge in [-0.25, -0.2) is 0 Å². The van der Waals surface area contributed by atoms with Crippen LogP contribution in [0.4, 0.5) is 0 Å². The van der Waals surface area contributed by atoms with E-state index in [-0.39, 0.29) is 0 Å². The Hall–Kier alpha value is -1.81. The number of carbonyl (C=O) groups is 1. The summed E-state index contributed by atoms with van der Waals surface area (Å²) in [4.78, 5) is 13.7. The number of carboxylic acid groups (broad SMARTS) is 1. The number of para-hydroxylation sites is 1. The van der Waals surface area contributed by atoms with E-state index < -0.39 is 11.5 Å². The van der Waals surface area contributed by atoms with Crippen LogP contribution in [0.5, 0.6) is 0 Å². The van der Waals surface area contributed by atoms with Crippen molar-refractivity contribution in [3.05, 3.63) is 35.5 Å². The fraction of sp³-hybridized carbons (Fsp3) is 0.471. The standard InChI is InChI=1S/C17H22N2O2/c1-12-13-7-4-5-8-14(13)18(3)15(12)11-19-10-6-9-17(19,2)16(20)21/h4-5,7-8H,6,9-11H2,1-3H3,(H,20,21). The Morgan fingerprint density at radius 3 is 2.76 bits per heavy atom. The van der Waals surface area contributed by atoms with Gasteiger partial charge in [-0.3, -0.25) is 9.69 Å². The fourth-order valence-electron chi connectivity index (χ4n) is 3.56. The number of nitrogens with zero attached hydrogens (tertiary/aromatic N) is 2. The van der Waals surface area contributed by atoms with E-state index >= 15 is 0 Å². The molecule has 1 aromatic heterocycles. The average molecular weight is 286 g/mol. The molecule has 0 amide bonds. The first-order chi connectivity index (χ1) is 9.95. The van der Waals surface area contributed by atoms with Gasteiger partial charge in [-0.1, -0.05) is 18.2 Å². The van der Waals surface area contributed by atoms with Gasteiger partial charge in [0.1, 0.15) is 5.54 Å². The number of hydrogen-bond acceptors (Lipinski definition) is 2. The molecule has 1 fully saturated rings. The molecule has 1 N–H and O–H groups in total. The molecule has 4 nitrogen and oxygen atoms in total. The highest BCUT2D eigenvalue weighted by Crippen LogP contribution is 2.33. The zero-order valence-corrected chi connectivity index (χ0v) is 12.9. The topological polar surface area (TPSA) is 45.5 Å². The first kappa shape index (κ1) is 14.1. The highest BCUT2D eigenvalue weighted by molar-refractivity contribution is 5.85. The summed E-state index contributed by atoms with van der Waals surface area (Å²) in [5.41, 5.74) is 2.95. The lowest BCUT2D eigenvalue weighted by Crippen LogP contribution is -2.47. The molecule has 4 heteroatoms. The van der Waals surface area contributed by atoms with Crippen molar-refractivity contribution < 1.29 is 9.90 Å². The van der Waals surface area contributed by atoms with Gasteiger partial charge in [0.15, 0.2) is 0 Å². The maximum Gasteiger partial charge on any atom is 0.323 e. The van der Waals surface area contributed by atoms with Crippen LogP contribution in [-0.2, 0) is 18.4 Å². The van der Waals surface area contributed by atoms with Crippen molar-refractivity contribution in [1.82, 2.24) is 9.47 Å². The van der Waals surface area contributed by atoms with Crippen molar-refractivity contribution in [1.29, 1.82) is 0 Å². The van der Waals surface area contributed by atoms with Crippen molar-refractivity contribution in [2.24, 2.45) is 7.05 Å². The molecule has 2 aromatic rings. The zero-order valence-electron chi connectivity index (χ0n) is 12.9. The van der Waals surface area contributed by atoms with Crippen molar-refractivity contribution in [3.8, 4) is 0 Å². The molecule has 1 aromatic carbocycles. The minimum absolute atomic E-state index is 0.694. The van der Waals surface area contributed by atoms with Gasteiger partial charge >= 0.3 is 5.97 Å². The van der Waals surface area contributed by atoms with E-state index in [0.717, 1.165) is 19.4 Å². The molecule has 3 rings (SSSR count). The lowest BCUT2D eigenvalue weighted by molar-refractivity contribution is -0.149. The Labute approximate surface area is 125 Å². The molecule has 1 unspecified atom stereocenters. The summed E-state index contributed by atoms with van der Waals surface area (Å²) in [6, 6.07) is 8.35. The van der Waals surface area contributed by atoms with E-state index in [0.29, 0.717) is 6.54 Å². The van der Waals surface area contributed by atoms with Gasteiger partial charge in [0.25, 0.3) is 0 Å². The molecule has 0 saturated carbocycles. The second-order valence-electron chi connectivity index (χ2n) is 6.25. The van der Waals surface area contributed by atoms with Crippen LogP contribution in [0.15, 0.2) is 24.3 Å². The van der Waals surface area contributed by atoms with Crippen LogP contribution in [-0.4, -0.2) is 32.6 Å². The SMILES string of the molecule is Cc1c(CN2CCCC2(C)C(=O)O)n(C)c2ccccc12. The molecule has 1 saturated heterocycles. The Balaban J connectivity index is 2.01. The smallest absolute Gasteiger partial charge is 0.323 e. The second kappa shape index (κ2) is 4.88. The molecule has 1 aliphatic rings. The molecule has 112 valence electrons. The lowest BCUT2D eigenvalue weighted by Gasteiger charge is -2.31.